The fourth-order valence-electron chi connectivity index (χ4n) is 2.01. The van der Waals surface area contributed by atoms with Gasteiger partial charge in [-0.15, -0.1) is 0 Å². The van der Waals surface area contributed by atoms with Gasteiger partial charge in [-0.05, 0) is 0 Å². The minimum absolute atomic E-state index is 0.0110. The first-order valence-electron chi connectivity index (χ1n) is 4.52. The summed E-state index contributed by atoms with van der Waals surface area (Å²) in [4.78, 5) is 0. The van der Waals surface area contributed by atoms with Crippen LogP contribution in [0.1, 0.15) is 13.8 Å². The average Bonchev–Trinajstić information content (AvgIpc) is 2.41. The van der Waals surface area contributed by atoms with E-state index in [4.69, 9.17) is 9.47 Å². The van der Waals surface area contributed by atoms with Crippen molar-refractivity contribution in [2.75, 3.05) is 6.54 Å². The van der Waals surface area contributed by atoms with Gasteiger partial charge in [-0.1, -0.05) is 0 Å². The molecule has 2 aliphatic rings. The molecule has 2 fully saturated rings. The Kier molecular flexibility index (Phi) is 2.50. The van der Waals surface area contributed by atoms with Crippen molar-refractivity contribution in [3.8, 4) is 0 Å². The molecule has 2 rings (SSSR count). The second-order valence-corrected chi connectivity index (χ2v) is 5.50. The Balaban J connectivity index is 2.08. The van der Waals surface area contributed by atoms with Gasteiger partial charge in [0.15, 0.2) is 0 Å². The summed E-state index contributed by atoms with van der Waals surface area (Å²) in [6, 6.07) is 0.0341. The Hall–Kier alpha value is 0.476. The molecule has 2 saturated heterocycles. The molecule has 0 saturated carbocycles. The molecule has 0 aliphatic carbocycles. The molecule has 2 heterocycles. The van der Waals surface area contributed by atoms with Crippen LogP contribution in [-0.4, -0.2) is 58.9 Å². The van der Waals surface area contributed by atoms with E-state index in [0.29, 0.717) is 0 Å². The van der Waals surface area contributed by atoms with Gasteiger partial charge in [0.05, 0.1) is 0 Å². The van der Waals surface area contributed by atoms with Crippen LogP contribution >= 0.6 is 0 Å². The Morgan fingerprint density at radius 3 is 2.85 bits per heavy atom. The number of rotatable bonds is 1. The number of fused-ring (bicyclic) bond motifs is 1. The molecule has 5 heteroatoms. The van der Waals surface area contributed by atoms with Gasteiger partial charge in [0.25, 0.3) is 0 Å². The zero-order valence-corrected chi connectivity index (χ0v) is 10.3. The molecule has 72 valence electrons. The van der Waals surface area contributed by atoms with E-state index < -0.39 is 5.79 Å². The molecule has 2 aliphatic heterocycles. The first-order valence-corrected chi connectivity index (χ1v) is 5.92. The predicted octanol–water partition coefficient (Wildman–Crippen LogP) is -1.03. The zero-order valence-electron chi connectivity index (χ0n) is 7.86. The van der Waals surface area contributed by atoms with Crippen LogP contribution in [-0.2, 0) is 9.47 Å². The molecular formula is C8H14GaNO3. The van der Waals surface area contributed by atoms with Crippen LogP contribution < -0.4 is 5.32 Å². The van der Waals surface area contributed by atoms with Crippen molar-refractivity contribution >= 4 is 18.6 Å². The van der Waals surface area contributed by atoms with Gasteiger partial charge in [0, 0.05) is 0 Å². The SMILES string of the molecule is CC1(C)O[C@H]2[C@H]([C@@H](O)[Ga])NC[C@H]2O1. The van der Waals surface area contributed by atoms with Crippen LogP contribution in [0.25, 0.3) is 0 Å². The summed E-state index contributed by atoms with van der Waals surface area (Å²) in [5, 5.41) is 12.7. The molecule has 13 heavy (non-hydrogen) atoms. The summed E-state index contributed by atoms with van der Waals surface area (Å²) in [6.45, 7) is 4.60. The molecule has 4 nitrogen and oxygen atoms in total. The molecule has 4 atom stereocenters. The quantitative estimate of drug-likeness (QED) is 0.577. The zero-order chi connectivity index (χ0) is 9.64. The average molecular weight is 242 g/mol. The Morgan fingerprint density at radius 1 is 1.54 bits per heavy atom. The first kappa shape index (κ1) is 10.0. The summed E-state index contributed by atoms with van der Waals surface area (Å²) in [5.74, 6) is -0.489. The standard InChI is InChI=1S/C8H14NO3.Ga/c1-8(2)11-6-3-9-5(4-10)7(6)12-8;/h4-7,9-10H,3H2,1-2H3;/t5-,6+,7-;/m0./s1. The second-order valence-electron chi connectivity index (χ2n) is 4.06. The third-order valence-corrected chi connectivity index (χ3v) is 3.37. The first-order chi connectivity index (χ1) is 5.99. The summed E-state index contributed by atoms with van der Waals surface area (Å²) in [7, 11) is 0. The van der Waals surface area contributed by atoms with Gasteiger partial charge in [-0.2, -0.15) is 0 Å². The van der Waals surface area contributed by atoms with Gasteiger partial charge in [0.2, 0.25) is 0 Å². The van der Waals surface area contributed by atoms with E-state index in [9.17, 15) is 5.11 Å². The fourth-order valence-corrected chi connectivity index (χ4v) is 2.75. The van der Waals surface area contributed by atoms with E-state index in [0.717, 1.165) is 6.54 Å². The van der Waals surface area contributed by atoms with Gasteiger partial charge >= 0.3 is 87.6 Å². The number of aliphatic hydroxyl groups excluding tert-OH is 1. The Labute approximate surface area is 87.9 Å². The van der Waals surface area contributed by atoms with E-state index in [1.807, 2.05) is 13.8 Å². The second kappa shape index (κ2) is 3.25. The van der Waals surface area contributed by atoms with Crippen LogP contribution in [0.5, 0.6) is 0 Å². The molecule has 0 aromatic rings. The van der Waals surface area contributed by atoms with Gasteiger partial charge in [0.1, 0.15) is 0 Å². The molecular weight excluding hydrogens is 228 g/mol. The summed E-state index contributed by atoms with van der Waals surface area (Å²) < 4.78 is 11.0. The molecule has 2 radical (unpaired) electrons. The number of ether oxygens (including phenoxy) is 2. The van der Waals surface area contributed by atoms with Crippen molar-refractivity contribution in [2.45, 2.75) is 42.5 Å². The van der Waals surface area contributed by atoms with Crippen molar-refractivity contribution < 1.29 is 14.6 Å². The summed E-state index contributed by atoms with van der Waals surface area (Å²) in [5.41, 5.74) is 0. The summed E-state index contributed by atoms with van der Waals surface area (Å²) in [6.07, 6.45) is 0.113. The van der Waals surface area contributed by atoms with E-state index in [1.54, 1.807) is 0 Å². The number of nitrogens with one attached hydrogen (secondary N) is 1. The van der Waals surface area contributed by atoms with Crippen LogP contribution in [0, 0.1) is 0 Å². The fraction of sp³-hybridized carbons (Fsp3) is 1.00. The molecule has 0 aromatic heterocycles. The number of aliphatic hydroxyl groups is 1. The monoisotopic (exact) mass is 241 g/mol. The Bertz CT molecular complexity index is 210. The van der Waals surface area contributed by atoms with Crippen molar-refractivity contribution in [3.05, 3.63) is 0 Å². The number of hydrogen-bond donors (Lipinski definition) is 2. The maximum absolute atomic E-state index is 9.50. The molecule has 0 aromatic carbocycles. The molecule has 2 N–H and O–H groups in total. The van der Waals surface area contributed by atoms with E-state index in [-0.39, 0.29) is 22.9 Å². The van der Waals surface area contributed by atoms with Crippen LogP contribution in [0.15, 0.2) is 0 Å². The molecule has 0 amide bonds. The Morgan fingerprint density at radius 2 is 2.23 bits per heavy atom. The van der Waals surface area contributed by atoms with Gasteiger partial charge < -0.3 is 0 Å². The van der Waals surface area contributed by atoms with Crippen molar-refractivity contribution in [1.82, 2.24) is 5.32 Å². The molecule has 0 spiro atoms. The van der Waals surface area contributed by atoms with Crippen LogP contribution in [0.2, 0.25) is 0 Å². The van der Waals surface area contributed by atoms with Crippen molar-refractivity contribution in [1.29, 1.82) is 0 Å². The normalized spacial score (nSPS) is 44.7. The predicted molar refractivity (Wildman–Crippen MR) is 47.4 cm³/mol. The third kappa shape index (κ3) is 1.81. The van der Waals surface area contributed by atoms with Gasteiger partial charge in [-0.25, -0.2) is 0 Å². The molecule has 0 unspecified atom stereocenters. The van der Waals surface area contributed by atoms with Crippen LogP contribution in [0.3, 0.4) is 0 Å². The van der Waals surface area contributed by atoms with E-state index >= 15 is 0 Å². The third-order valence-electron chi connectivity index (χ3n) is 2.50. The maximum atomic E-state index is 9.50. The number of hydrogen-bond acceptors (Lipinski definition) is 4. The van der Waals surface area contributed by atoms with E-state index in [2.05, 4.69) is 5.32 Å². The van der Waals surface area contributed by atoms with Crippen LogP contribution in [0.4, 0.5) is 0 Å². The topological polar surface area (TPSA) is 50.7 Å². The summed E-state index contributed by atoms with van der Waals surface area (Å²) >= 11 is 1.32. The van der Waals surface area contributed by atoms with Crippen molar-refractivity contribution in [2.24, 2.45) is 0 Å². The van der Waals surface area contributed by atoms with Gasteiger partial charge in [-0.3, -0.25) is 0 Å². The van der Waals surface area contributed by atoms with Crippen molar-refractivity contribution in [3.63, 3.8) is 0 Å². The van der Waals surface area contributed by atoms with E-state index in [1.165, 1.54) is 18.6 Å². The minimum atomic E-state index is -0.489. The molecule has 0 bridgehead atoms.